The molecule has 0 saturated heterocycles. The van der Waals surface area contributed by atoms with Gasteiger partial charge in [0.25, 0.3) is 0 Å². The third-order valence-electron chi connectivity index (χ3n) is 3.99. The van der Waals surface area contributed by atoms with Crippen LogP contribution < -0.4 is 10.1 Å². The van der Waals surface area contributed by atoms with Crippen molar-refractivity contribution in [2.75, 3.05) is 11.9 Å². The second-order valence-corrected chi connectivity index (χ2v) is 7.01. The van der Waals surface area contributed by atoms with Gasteiger partial charge in [-0.3, -0.25) is 0 Å². The second-order valence-electron chi connectivity index (χ2n) is 5.81. The highest BCUT2D eigenvalue weighted by Gasteiger charge is 2.11. The fraction of sp³-hybridized carbons (Fsp3) is 0.250. The first-order valence-corrected chi connectivity index (χ1v) is 8.93. The van der Waals surface area contributed by atoms with E-state index in [1.165, 1.54) is 21.6 Å². The third kappa shape index (κ3) is 3.60. The minimum atomic E-state index is 0.678. The van der Waals surface area contributed by atoms with Gasteiger partial charge in [0.1, 0.15) is 5.75 Å². The minimum Gasteiger partial charge on any atom is -0.494 e. The Bertz CT molecular complexity index is 837. The maximum absolute atomic E-state index is 5.47. The van der Waals surface area contributed by atoms with E-state index in [0.29, 0.717) is 6.61 Å². The molecule has 0 bridgehead atoms. The van der Waals surface area contributed by atoms with Crippen molar-refractivity contribution < 1.29 is 4.74 Å². The number of nitrogens with one attached hydrogen (secondary N) is 1. The van der Waals surface area contributed by atoms with E-state index < -0.39 is 0 Å². The summed E-state index contributed by atoms with van der Waals surface area (Å²) in [6.07, 6.45) is 0. The lowest BCUT2D eigenvalue weighted by atomic mass is 10.0. The first kappa shape index (κ1) is 16.5. The highest BCUT2D eigenvalue weighted by Crippen LogP contribution is 2.33. The molecule has 124 valence electrons. The van der Waals surface area contributed by atoms with Crippen molar-refractivity contribution in [2.24, 2.45) is 0 Å². The molecule has 0 amide bonds. The van der Waals surface area contributed by atoms with E-state index in [-0.39, 0.29) is 0 Å². The molecule has 0 spiro atoms. The Morgan fingerprint density at radius 3 is 2.42 bits per heavy atom. The van der Waals surface area contributed by atoms with E-state index in [2.05, 4.69) is 44.3 Å². The summed E-state index contributed by atoms with van der Waals surface area (Å²) >= 11 is 1.68. The predicted octanol–water partition coefficient (Wildman–Crippen LogP) is 5.88. The largest absolute Gasteiger partial charge is 0.494 e. The number of hydrogen-bond donors (Lipinski definition) is 1. The van der Waals surface area contributed by atoms with E-state index in [1.807, 2.05) is 31.2 Å². The molecule has 1 aromatic heterocycles. The van der Waals surface area contributed by atoms with Crippen molar-refractivity contribution in [1.29, 1.82) is 0 Å². The number of hydrogen-bond acceptors (Lipinski definition) is 4. The van der Waals surface area contributed by atoms with Crippen molar-refractivity contribution in [2.45, 2.75) is 27.7 Å². The van der Waals surface area contributed by atoms with Crippen LogP contribution in [-0.2, 0) is 0 Å². The number of ether oxygens (including phenoxy) is 1. The van der Waals surface area contributed by atoms with Gasteiger partial charge in [0.15, 0.2) is 5.13 Å². The molecule has 2 aromatic carbocycles. The summed E-state index contributed by atoms with van der Waals surface area (Å²) in [5.74, 6) is 0.884. The van der Waals surface area contributed by atoms with E-state index in [1.54, 1.807) is 11.3 Å². The Balaban J connectivity index is 1.82. The van der Waals surface area contributed by atoms with Crippen LogP contribution in [0, 0.1) is 20.8 Å². The Morgan fingerprint density at radius 1 is 1.00 bits per heavy atom. The van der Waals surface area contributed by atoms with Crippen molar-refractivity contribution in [3.8, 4) is 17.0 Å². The van der Waals surface area contributed by atoms with Crippen LogP contribution in [0.25, 0.3) is 11.3 Å². The number of nitrogens with zero attached hydrogens (tertiary/aromatic N) is 1. The van der Waals surface area contributed by atoms with Crippen LogP contribution in [-0.4, -0.2) is 11.6 Å². The number of anilines is 2. The Kier molecular flexibility index (Phi) is 4.86. The van der Waals surface area contributed by atoms with Gasteiger partial charge < -0.3 is 10.1 Å². The standard InChI is InChI=1S/C20H22N2OS/c1-5-23-18-10-8-17(9-11-18)21-20-22-19(15(4)24-20)16-7-6-13(2)14(3)12-16/h6-12H,5H2,1-4H3,(H,21,22). The van der Waals surface area contributed by atoms with Crippen LogP contribution >= 0.6 is 11.3 Å². The van der Waals surface area contributed by atoms with Gasteiger partial charge in [-0.1, -0.05) is 12.1 Å². The molecule has 0 unspecified atom stereocenters. The number of aryl methyl sites for hydroxylation is 3. The van der Waals surface area contributed by atoms with Gasteiger partial charge in [-0.15, -0.1) is 11.3 Å². The highest BCUT2D eigenvalue weighted by atomic mass is 32.1. The van der Waals surface area contributed by atoms with Gasteiger partial charge in [0.2, 0.25) is 0 Å². The quantitative estimate of drug-likeness (QED) is 0.631. The lowest BCUT2D eigenvalue weighted by Crippen LogP contribution is -1.93. The fourth-order valence-corrected chi connectivity index (χ4v) is 3.39. The molecule has 0 atom stereocenters. The third-order valence-corrected chi connectivity index (χ3v) is 4.88. The van der Waals surface area contributed by atoms with Crippen LogP contribution in [0.15, 0.2) is 42.5 Å². The fourth-order valence-electron chi connectivity index (χ4n) is 2.53. The molecule has 0 fully saturated rings. The molecule has 3 aromatic rings. The minimum absolute atomic E-state index is 0.678. The van der Waals surface area contributed by atoms with Crippen molar-refractivity contribution in [3.05, 3.63) is 58.5 Å². The van der Waals surface area contributed by atoms with E-state index >= 15 is 0 Å². The van der Waals surface area contributed by atoms with Crippen LogP contribution in [0.3, 0.4) is 0 Å². The van der Waals surface area contributed by atoms with E-state index in [4.69, 9.17) is 9.72 Å². The number of rotatable bonds is 5. The van der Waals surface area contributed by atoms with Gasteiger partial charge >= 0.3 is 0 Å². The van der Waals surface area contributed by atoms with Crippen LogP contribution in [0.5, 0.6) is 5.75 Å². The smallest absolute Gasteiger partial charge is 0.187 e. The molecule has 3 nitrogen and oxygen atoms in total. The molecule has 24 heavy (non-hydrogen) atoms. The maximum atomic E-state index is 5.47. The monoisotopic (exact) mass is 338 g/mol. The van der Waals surface area contributed by atoms with Crippen LogP contribution in [0.1, 0.15) is 22.9 Å². The molecule has 0 radical (unpaired) electrons. The zero-order valence-electron chi connectivity index (χ0n) is 14.5. The van der Waals surface area contributed by atoms with E-state index in [0.717, 1.165) is 22.3 Å². The lowest BCUT2D eigenvalue weighted by molar-refractivity contribution is 0.340. The Labute approximate surface area is 147 Å². The molecule has 1 heterocycles. The molecule has 1 N–H and O–H groups in total. The SMILES string of the molecule is CCOc1ccc(Nc2nc(-c3ccc(C)c(C)c3)c(C)s2)cc1. The van der Waals surface area contributed by atoms with Crippen molar-refractivity contribution in [3.63, 3.8) is 0 Å². The molecule has 0 aliphatic carbocycles. The van der Waals surface area contributed by atoms with Gasteiger partial charge in [-0.25, -0.2) is 4.98 Å². The summed E-state index contributed by atoms with van der Waals surface area (Å²) in [4.78, 5) is 6.00. The van der Waals surface area contributed by atoms with Gasteiger partial charge in [0, 0.05) is 16.1 Å². The number of aromatic nitrogens is 1. The first-order chi connectivity index (χ1) is 11.6. The molecular weight excluding hydrogens is 316 g/mol. The van der Waals surface area contributed by atoms with Gasteiger partial charge in [0.05, 0.1) is 12.3 Å². The molecule has 0 saturated carbocycles. The van der Waals surface area contributed by atoms with Gasteiger partial charge in [-0.05, 0) is 69.2 Å². The zero-order chi connectivity index (χ0) is 17.1. The number of thiazole rings is 1. The van der Waals surface area contributed by atoms with Gasteiger partial charge in [-0.2, -0.15) is 0 Å². The summed E-state index contributed by atoms with van der Waals surface area (Å²) in [5.41, 5.74) is 5.84. The second kappa shape index (κ2) is 7.05. The number of benzene rings is 2. The highest BCUT2D eigenvalue weighted by molar-refractivity contribution is 7.16. The predicted molar refractivity (Wildman–Crippen MR) is 103 cm³/mol. The molecular formula is C20H22N2OS. The van der Waals surface area contributed by atoms with Crippen LogP contribution in [0.4, 0.5) is 10.8 Å². The van der Waals surface area contributed by atoms with E-state index in [9.17, 15) is 0 Å². The average Bonchev–Trinajstić information content (AvgIpc) is 2.93. The summed E-state index contributed by atoms with van der Waals surface area (Å²) in [5, 5.41) is 4.29. The first-order valence-electron chi connectivity index (χ1n) is 8.11. The normalized spacial score (nSPS) is 10.7. The van der Waals surface area contributed by atoms with Crippen LogP contribution in [0.2, 0.25) is 0 Å². The van der Waals surface area contributed by atoms with Crippen molar-refractivity contribution in [1.82, 2.24) is 4.98 Å². The topological polar surface area (TPSA) is 34.1 Å². The Morgan fingerprint density at radius 2 is 1.75 bits per heavy atom. The summed E-state index contributed by atoms with van der Waals surface area (Å²) in [6, 6.07) is 14.5. The lowest BCUT2D eigenvalue weighted by Gasteiger charge is -2.05. The Hall–Kier alpha value is -2.33. The maximum Gasteiger partial charge on any atom is 0.187 e. The zero-order valence-corrected chi connectivity index (χ0v) is 15.3. The summed E-state index contributed by atoms with van der Waals surface area (Å²) in [6.45, 7) is 9.05. The molecule has 4 heteroatoms. The average molecular weight is 338 g/mol. The molecule has 3 rings (SSSR count). The summed E-state index contributed by atoms with van der Waals surface area (Å²) in [7, 11) is 0. The molecule has 0 aliphatic heterocycles. The van der Waals surface area contributed by atoms with Crippen molar-refractivity contribution >= 4 is 22.2 Å². The molecule has 0 aliphatic rings. The summed E-state index contributed by atoms with van der Waals surface area (Å²) < 4.78 is 5.47.